The van der Waals surface area contributed by atoms with Gasteiger partial charge in [-0.15, -0.1) is 0 Å². The highest BCUT2D eigenvalue weighted by atomic mass is 19.4. The maximum Gasteiger partial charge on any atom is 0.416 e. The minimum Gasteiger partial charge on any atom is -0.495 e. The Balaban J connectivity index is 2.19. The number of amides is 1. The van der Waals surface area contributed by atoms with Crippen molar-refractivity contribution >= 4 is 5.91 Å². The molecule has 0 heterocycles. The fraction of sp³-hybridized carbons (Fsp3) is 0.211. The predicted molar refractivity (Wildman–Crippen MR) is 88.7 cm³/mol. The molecule has 1 N–H and O–H groups in total. The third-order valence-corrected chi connectivity index (χ3v) is 3.52. The molecule has 2 aromatic rings. The van der Waals surface area contributed by atoms with Crippen LogP contribution in [0.2, 0.25) is 0 Å². The van der Waals surface area contributed by atoms with Crippen LogP contribution in [0, 0.1) is 11.8 Å². The Kier molecular flexibility index (Phi) is 6.23. The summed E-state index contributed by atoms with van der Waals surface area (Å²) < 4.78 is 82.1. The van der Waals surface area contributed by atoms with Crippen LogP contribution in [0.4, 0.5) is 26.3 Å². The van der Waals surface area contributed by atoms with Crippen LogP contribution in [0.25, 0.3) is 0 Å². The van der Waals surface area contributed by atoms with Gasteiger partial charge in [-0.05, 0) is 30.3 Å². The van der Waals surface area contributed by atoms with Gasteiger partial charge in [0.25, 0.3) is 5.91 Å². The van der Waals surface area contributed by atoms with Crippen molar-refractivity contribution in [1.82, 2.24) is 5.32 Å². The molecule has 0 spiro atoms. The Labute approximate surface area is 156 Å². The zero-order chi connectivity index (χ0) is 20.9. The number of carbonyl (C=O) groups excluding carboxylic acids is 1. The SMILES string of the molecule is COc1ccccc1C#CCNC(=O)c1cc(C(F)(F)F)cc(C(F)(F)F)c1. The molecule has 0 saturated carbocycles. The Morgan fingerprint density at radius 3 is 2.11 bits per heavy atom. The molecule has 148 valence electrons. The first-order valence-electron chi connectivity index (χ1n) is 7.72. The highest BCUT2D eigenvalue weighted by Gasteiger charge is 2.37. The molecule has 0 radical (unpaired) electrons. The van der Waals surface area contributed by atoms with E-state index < -0.39 is 35.0 Å². The number of methoxy groups -OCH3 is 1. The van der Waals surface area contributed by atoms with Crippen molar-refractivity contribution in [2.45, 2.75) is 12.4 Å². The van der Waals surface area contributed by atoms with Crippen LogP contribution in [0.3, 0.4) is 0 Å². The summed E-state index contributed by atoms with van der Waals surface area (Å²) in [7, 11) is 1.44. The summed E-state index contributed by atoms with van der Waals surface area (Å²) in [5, 5.41) is 2.18. The second kappa shape index (κ2) is 8.25. The Bertz CT molecular complexity index is 890. The van der Waals surface area contributed by atoms with Crippen LogP contribution >= 0.6 is 0 Å². The Hall–Kier alpha value is -3.15. The van der Waals surface area contributed by atoms with E-state index in [4.69, 9.17) is 4.74 Å². The first-order chi connectivity index (χ1) is 13.0. The lowest BCUT2D eigenvalue weighted by Gasteiger charge is -2.13. The molecule has 0 aliphatic carbocycles. The van der Waals surface area contributed by atoms with Gasteiger partial charge in [0, 0.05) is 5.56 Å². The fourth-order valence-corrected chi connectivity index (χ4v) is 2.20. The molecule has 0 bridgehead atoms. The van der Waals surface area contributed by atoms with E-state index in [0.717, 1.165) is 0 Å². The average molecular weight is 401 g/mol. The molecule has 0 atom stereocenters. The lowest BCUT2D eigenvalue weighted by atomic mass is 10.0. The standard InChI is InChI=1S/C19H13F6NO2/c1-28-16-7-3-2-5-12(16)6-4-8-26-17(27)13-9-14(18(20,21)22)11-15(10-13)19(23,24)25/h2-3,5,7,9-11H,8H2,1H3,(H,26,27). The summed E-state index contributed by atoms with van der Waals surface area (Å²) in [6.45, 7) is -0.283. The number of ether oxygens (including phenoxy) is 1. The molecule has 0 aliphatic heterocycles. The van der Waals surface area contributed by atoms with E-state index in [9.17, 15) is 31.1 Å². The number of rotatable bonds is 3. The highest BCUT2D eigenvalue weighted by molar-refractivity contribution is 5.94. The van der Waals surface area contributed by atoms with Crippen molar-refractivity contribution in [1.29, 1.82) is 0 Å². The van der Waals surface area contributed by atoms with Crippen molar-refractivity contribution in [3.8, 4) is 17.6 Å². The largest absolute Gasteiger partial charge is 0.495 e. The number of hydrogen-bond acceptors (Lipinski definition) is 2. The van der Waals surface area contributed by atoms with Crippen LogP contribution in [-0.4, -0.2) is 19.6 Å². The number of halogens is 6. The molecule has 2 aromatic carbocycles. The first kappa shape index (κ1) is 21.2. The zero-order valence-corrected chi connectivity index (χ0v) is 14.3. The molecule has 0 aliphatic rings. The summed E-state index contributed by atoms with van der Waals surface area (Å²) in [5.41, 5.74) is -3.38. The van der Waals surface area contributed by atoms with Gasteiger partial charge in [-0.25, -0.2) is 0 Å². The van der Waals surface area contributed by atoms with Gasteiger partial charge in [-0.3, -0.25) is 4.79 Å². The van der Waals surface area contributed by atoms with Gasteiger partial charge < -0.3 is 10.1 Å². The first-order valence-corrected chi connectivity index (χ1v) is 7.72. The lowest BCUT2D eigenvalue weighted by Crippen LogP contribution is -2.25. The number of benzene rings is 2. The molecule has 1 amide bonds. The van der Waals surface area contributed by atoms with E-state index in [0.29, 0.717) is 23.4 Å². The average Bonchev–Trinajstić information content (AvgIpc) is 2.63. The van der Waals surface area contributed by atoms with E-state index >= 15 is 0 Å². The van der Waals surface area contributed by atoms with Gasteiger partial charge in [0.15, 0.2) is 0 Å². The quantitative estimate of drug-likeness (QED) is 0.607. The van der Waals surface area contributed by atoms with Crippen LogP contribution in [0.1, 0.15) is 27.0 Å². The van der Waals surface area contributed by atoms with Crippen molar-refractivity contribution in [3.05, 3.63) is 64.7 Å². The van der Waals surface area contributed by atoms with Crippen LogP contribution < -0.4 is 10.1 Å². The van der Waals surface area contributed by atoms with Crippen molar-refractivity contribution in [3.63, 3.8) is 0 Å². The van der Waals surface area contributed by atoms with Crippen molar-refractivity contribution in [2.24, 2.45) is 0 Å². The molecule has 0 fully saturated rings. The normalized spacial score (nSPS) is 11.4. The molecule has 0 aromatic heterocycles. The molecule has 28 heavy (non-hydrogen) atoms. The monoisotopic (exact) mass is 401 g/mol. The summed E-state index contributed by atoms with van der Waals surface area (Å²) in [5.74, 6) is 4.63. The molecular weight excluding hydrogens is 388 g/mol. The second-order valence-corrected chi connectivity index (χ2v) is 5.48. The highest BCUT2D eigenvalue weighted by Crippen LogP contribution is 2.36. The second-order valence-electron chi connectivity index (χ2n) is 5.48. The van der Waals surface area contributed by atoms with Gasteiger partial charge in [0.1, 0.15) is 5.75 Å². The Morgan fingerprint density at radius 1 is 1.00 bits per heavy atom. The van der Waals surface area contributed by atoms with Gasteiger partial charge >= 0.3 is 12.4 Å². The summed E-state index contributed by atoms with van der Waals surface area (Å²) in [6.07, 6.45) is -10.1. The zero-order valence-electron chi connectivity index (χ0n) is 14.3. The Morgan fingerprint density at radius 2 is 1.57 bits per heavy atom. The molecule has 0 unspecified atom stereocenters. The van der Waals surface area contributed by atoms with E-state index in [1.54, 1.807) is 24.3 Å². The maximum atomic E-state index is 12.8. The molecule has 9 heteroatoms. The number of carbonyl (C=O) groups is 1. The van der Waals surface area contributed by atoms with Gasteiger partial charge in [-0.2, -0.15) is 26.3 Å². The van der Waals surface area contributed by atoms with Crippen LogP contribution in [0.5, 0.6) is 5.75 Å². The minimum atomic E-state index is -5.03. The summed E-state index contributed by atoms with van der Waals surface area (Å²) in [6, 6.07) is 7.40. The van der Waals surface area contributed by atoms with E-state index in [2.05, 4.69) is 17.2 Å². The molecule has 2 rings (SSSR count). The number of para-hydroxylation sites is 1. The van der Waals surface area contributed by atoms with Gasteiger partial charge in [-0.1, -0.05) is 24.0 Å². The van der Waals surface area contributed by atoms with Crippen LogP contribution in [0.15, 0.2) is 42.5 Å². The van der Waals surface area contributed by atoms with E-state index in [-0.39, 0.29) is 12.6 Å². The smallest absolute Gasteiger partial charge is 0.416 e. The summed E-state index contributed by atoms with van der Waals surface area (Å²) >= 11 is 0. The summed E-state index contributed by atoms with van der Waals surface area (Å²) in [4.78, 5) is 12.0. The molecule has 3 nitrogen and oxygen atoms in total. The number of hydrogen-bond donors (Lipinski definition) is 1. The van der Waals surface area contributed by atoms with E-state index in [1.807, 2.05) is 0 Å². The van der Waals surface area contributed by atoms with Gasteiger partial charge in [0.05, 0.1) is 30.3 Å². The number of alkyl halides is 6. The number of nitrogens with one attached hydrogen (secondary N) is 1. The maximum absolute atomic E-state index is 12.8. The molecule has 0 saturated heterocycles. The third-order valence-electron chi connectivity index (χ3n) is 3.52. The third kappa shape index (κ3) is 5.42. The topological polar surface area (TPSA) is 38.3 Å². The fourth-order valence-electron chi connectivity index (χ4n) is 2.20. The van der Waals surface area contributed by atoms with Crippen molar-refractivity contribution in [2.75, 3.05) is 13.7 Å². The van der Waals surface area contributed by atoms with E-state index in [1.165, 1.54) is 7.11 Å². The van der Waals surface area contributed by atoms with Crippen LogP contribution in [-0.2, 0) is 12.4 Å². The lowest BCUT2D eigenvalue weighted by molar-refractivity contribution is -0.143. The van der Waals surface area contributed by atoms with Crippen molar-refractivity contribution < 1.29 is 35.9 Å². The minimum absolute atomic E-state index is 0.0434. The predicted octanol–water partition coefficient (Wildman–Crippen LogP) is 4.51. The van der Waals surface area contributed by atoms with Gasteiger partial charge in [0.2, 0.25) is 0 Å². The molecular formula is C19H13F6NO2.